The highest BCUT2D eigenvalue weighted by Crippen LogP contribution is 2.22. The molecule has 0 fully saturated rings. The van der Waals surface area contributed by atoms with Crippen LogP contribution in [-0.2, 0) is 4.79 Å². The maximum atomic E-state index is 12.8. The van der Waals surface area contributed by atoms with Crippen molar-refractivity contribution in [2.45, 2.75) is 45.1 Å². The van der Waals surface area contributed by atoms with Crippen molar-refractivity contribution in [1.29, 1.82) is 0 Å². The van der Waals surface area contributed by atoms with Crippen molar-refractivity contribution in [3.05, 3.63) is 29.8 Å². The molecule has 6 heteroatoms. The lowest BCUT2D eigenvalue weighted by molar-refractivity contribution is -0.350. The molecule has 0 aromatic heterocycles. The standard InChI is InChI=1S/C15H18F2O4/c1-2-3-4-5-6-13(18)11-7-9-12(10-8-11)21-15(16,17)14(19)20/h7-10H,2-6H2,1H3,(H,19,20)/p-1. The monoisotopic (exact) mass is 299 g/mol. The average molecular weight is 299 g/mol. The van der Waals surface area contributed by atoms with Gasteiger partial charge in [0.25, 0.3) is 0 Å². The Labute approximate surface area is 121 Å². The third-order valence-electron chi connectivity index (χ3n) is 2.92. The predicted octanol–water partition coefficient (Wildman–Crippen LogP) is 2.56. The molecular formula is C15H17F2O4-. The molecule has 0 N–H and O–H groups in total. The summed E-state index contributed by atoms with van der Waals surface area (Å²) in [6, 6.07) is 4.94. The second kappa shape index (κ2) is 7.71. The zero-order valence-electron chi connectivity index (χ0n) is 11.7. The van der Waals surface area contributed by atoms with Crippen LogP contribution < -0.4 is 9.84 Å². The van der Waals surface area contributed by atoms with Gasteiger partial charge >= 0.3 is 6.11 Å². The van der Waals surface area contributed by atoms with E-state index in [1.165, 1.54) is 12.1 Å². The van der Waals surface area contributed by atoms with Crippen LogP contribution in [0.1, 0.15) is 49.4 Å². The minimum Gasteiger partial charge on any atom is -0.541 e. The van der Waals surface area contributed by atoms with E-state index in [2.05, 4.69) is 11.7 Å². The van der Waals surface area contributed by atoms with Crippen LogP contribution in [0.3, 0.4) is 0 Å². The van der Waals surface area contributed by atoms with Gasteiger partial charge in [0, 0.05) is 12.0 Å². The zero-order valence-corrected chi connectivity index (χ0v) is 11.7. The Kier molecular flexibility index (Phi) is 6.27. The van der Waals surface area contributed by atoms with Gasteiger partial charge in [-0.25, -0.2) is 0 Å². The van der Waals surface area contributed by atoms with Crippen LogP contribution in [0.15, 0.2) is 24.3 Å². The van der Waals surface area contributed by atoms with Crippen molar-refractivity contribution in [2.24, 2.45) is 0 Å². The number of ketones is 1. The molecular weight excluding hydrogens is 282 g/mol. The number of hydrogen-bond donors (Lipinski definition) is 0. The van der Waals surface area contributed by atoms with Crippen LogP contribution in [-0.4, -0.2) is 17.9 Å². The van der Waals surface area contributed by atoms with E-state index in [0.717, 1.165) is 37.8 Å². The average Bonchev–Trinajstić information content (AvgIpc) is 2.43. The number of hydrogen-bond acceptors (Lipinski definition) is 4. The maximum absolute atomic E-state index is 12.8. The summed E-state index contributed by atoms with van der Waals surface area (Å²) in [6.07, 6.45) is -0.0960. The van der Waals surface area contributed by atoms with Crippen LogP contribution in [0.4, 0.5) is 8.78 Å². The Morgan fingerprint density at radius 1 is 1.14 bits per heavy atom. The summed E-state index contributed by atoms with van der Waals surface area (Å²) < 4.78 is 29.6. The summed E-state index contributed by atoms with van der Waals surface area (Å²) in [5, 5.41) is 10.1. The minimum atomic E-state index is -4.40. The molecule has 0 aliphatic heterocycles. The van der Waals surface area contributed by atoms with E-state index in [1.807, 2.05) is 0 Å². The molecule has 0 spiro atoms. The quantitative estimate of drug-likeness (QED) is 0.519. The Bertz CT molecular complexity index is 483. The highest BCUT2D eigenvalue weighted by molar-refractivity contribution is 5.96. The predicted molar refractivity (Wildman–Crippen MR) is 70.1 cm³/mol. The SMILES string of the molecule is CCCCCCC(=O)c1ccc(OC(F)(F)C(=O)[O-])cc1. The van der Waals surface area contributed by atoms with Crippen LogP contribution in [0.25, 0.3) is 0 Å². The molecule has 21 heavy (non-hydrogen) atoms. The highest BCUT2D eigenvalue weighted by Gasteiger charge is 2.33. The summed E-state index contributed by atoms with van der Waals surface area (Å²) >= 11 is 0. The van der Waals surface area contributed by atoms with Crippen molar-refractivity contribution in [3.63, 3.8) is 0 Å². The fraction of sp³-hybridized carbons (Fsp3) is 0.467. The third-order valence-corrected chi connectivity index (χ3v) is 2.92. The minimum absolute atomic E-state index is 0.0793. The van der Waals surface area contributed by atoms with Gasteiger partial charge in [0.05, 0.1) is 0 Å². The molecule has 0 unspecified atom stereocenters. The number of rotatable bonds is 9. The van der Waals surface area contributed by atoms with E-state index in [4.69, 9.17) is 0 Å². The van der Waals surface area contributed by atoms with Crippen LogP contribution in [0.2, 0.25) is 0 Å². The summed E-state index contributed by atoms with van der Waals surface area (Å²) in [7, 11) is 0. The molecule has 116 valence electrons. The van der Waals surface area contributed by atoms with Gasteiger partial charge < -0.3 is 14.6 Å². The molecule has 4 nitrogen and oxygen atoms in total. The third kappa shape index (κ3) is 5.49. The molecule has 0 saturated heterocycles. The molecule has 0 aliphatic carbocycles. The van der Waals surface area contributed by atoms with Crippen LogP contribution in [0, 0.1) is 0 Å². The maximum Gasteiger partial charge on any atom is 0.441 e. The topological polar surface area (TPSA) is 66.4 Å². The largest absolute Gasteiger partial charge is 0.541 e. The first kappa shape index (κ1) is 17.1. The number of ether oxygens (including phenoxy) is 1. The number of carboxylic acid groups (broad SMARTS) is 1. The van der Waals surface area contributed by atoms with Gasteiger partial charge in [0.15, 0.2) is 11.8 Å². The first-order chi connectivity index (χ1) is 9.86. The number of halogens is 2. The number of unbranched alkanes of at least 4 members (excludes halogenated alkanes) is 3. The van der Waals surface area contributed by atoms with E-state index >= 15 is 0 Å². The molecule has 0 aliphatic rings. The number of aliphatic carboxylic acids is 1. The number of alkyl halides is 2. The highest BCUT2D eigenvalue weighted by atomic mass is 19.3. The number of benzene rings is 1. The lowest BCUT2D eigenvalue weighted by Gasteiger charge is -2.18. The molecule has 0 radical (unpaired) electrons. The first-order valence-corrected chi connectivity index (χ1v) is 6.78. The Morgan fingerprint density at radius 2 is 1.76 bits per heavy atom. The van der Waals surface area contributed by atoms with Gasteiger partial charge in [-0.3, -0.25) is 4.79 Å². The van der Waals surface area contributed by atoms with Crippen molar-refractivity contribution >= 4 is 11.8 Å². The second-order valence-corrected chi connectivity index (χ2v) is 4.66. The summed E-state index contributed by atoms with van der Waals surface area (Å²) in [6.45, 7) is 2.07. The van der Waals surface area contributed by atoms with Gasteiger partial charge in [-0.1, -0.05) is 26.2 Å². The fourth-order valence-corrected chi connectivity index (χ4v) is 1.76. The van der Waals surface area contributed by atoms with E-state index in [9.17, 15) is 23.5 Å². The molecule has 1 rings (SSSR count). The number of carbonyl (C=O) groups excluding carboxylic acids is 2. The van der Waals surface area contributed by atoms with E-state index in [1.54, 1.807) is 0 Å². The zero-order chi connectivity index (χ0) is 15.9. The lowest BCUT2D eigenvalue weighted by Crippen LogP contribution is -2.45. The smallest absolute Gasteiger partial charge is 0.441 e. The number of carbonyl (C=O) groups is 2. The number of Topliss-reactive ketones (excluding diaryl/α,β-unsaturated/α-hetero) is 1. The molecule has 1 aromatic carbocycles. The summed E-state index contributed by atoms with van der Waals surface area (Å²) in [4.78, 5) is 22.0. The van der Waals surface area contributed by atoms with E-state index in [-0.39, 0.29) is 11.5 Å². The molecule has 0 heterocycles. The molecule has 1 aromatic rings. The summed E-state index contributed by atoms with van der Waals surface area (Å²) in [5.74, 6) is -3.03. The van der Waals surface area contributed by atoms with Crippen molar-refractivity contribution < 1.29 is 28.2 Å². The first-order valence-electron chi connectivity index (χ1n) is 6.78. The Hall–Kier alpha value is -1.98. The Morgan fingerprint density at radius 3 is 2.29 bits per heavy atom. The van der Waals surface area contributed by atoms with Gasteiger partial charge in [0.1, 0.15) is 5.75 Å². The van der Waals surface area contributed by atoms with Gasteiger partial charge in [-0.2, -0.15) is 8.78 Å². The Balaban J connectivity index is 2.57. The molecule has 0 atom stereocenters. The van der Waals surface area contributed by atoms with Crippen molar-refractivity contribution in [2.75, 3.05) is 0 Å². The lowest BCUT2D eigenvalue weighted by atomic mass is 10.0. The van der Waals surface area contributed by atoms with E-state index < -0.39 is 12.1 Å². The molecule has 0 saturated carbocycles. The van der Waals surface area contributed by atoms with E-state index in [0.29, 0.717) is 12.0 Å². The summed E-state index contributed by atoms with van der Waals surface area (Å²) in [5.41, 5.74) is 0.385. The molecule has 0 bridgehead atoms. The van der Waals surface area contributed by atoms with Crippen LogP contribution in [0.5, 0.6) is 5.75 Å². The molecule has 0 amide bonds. The van der Waals surface area contributed by atoms with Gasteiger partial charge in [-0.05, 0) is 30.7 Å². The number of carboxylic acids is 1. The second-order valence-electron chi connectivity index (χ2n) is 4.66. The van der Waals surface area contributed by atoms with Gasteiger partial charge in [-0.15, -0.1) is 0 Å². The van der Waals surface area contributed by atoms with Crippen molar-refractivity contribution in [3.8, 4) is 5.75 Å². The van der Waals surface area contributed by atoms with Crippen LogP contribution >= 0.6 is 0 Å². The normalized spacial score (nSPS) is 11.2. The van der Waals surface area contributed by atoms with Crippen molar-refractivity contribution in [1.82, 2.24) is 0 Å². The van der Waals surface area contributed by atoms with Gasteiger partial charge in [0.2, 0.25) is 0 Å². The fourth-order valence-electron chi connectivity index (χ4n) is 1.76.